The number of esters is 1. The van der Waals surface area contributed by atoms with E-state index in [0.717, 1.165) is 11.1 Å². The van der Waals surface area contributed by atoms with Gasteiger partial charge in [0.25, 0.3) is 5.91 Å². The molecule has 22 heavy (non-hydrogen) atoms. The summed E-state index contributed by atoms with van der Waals surface area (Å²) in [6.45, 7) is 1.97. The van der Waals surface area contributed by atoms with Crippen molar-refractivity contribution in [2.45, 2.75) is 19.4 Å². The van der Waals surface area contributed by atoms with Gasteiger partial charge in [0.15, 0.2) is 0 Å². The van der Waals surface area contributed by atoms with Crippen LogP contribution in [0.3, 0.4) is 0 Å². The van der Waals surface area contributed by atoms with Gasteiger partial charge in [-0.15, -0.1) is 0 Å². The van der Waals surface area contributed by atoms with Crippen LogP contribution in [0.5, 0.6) is 0 Å². The summed E-state index contributed by atoms with van der Waals surface area (Å²) in [6.07, 6.45) is 1.58. The molecular formula is C16H17ClN2O3. The molecule has 0 radical (unpaired) electrons. The summed E-state index contributed by atoms with van der Waals surface area (Å²) in [6, 6.07) is 8.67. The van der Waals surface area contributed by atoms with Crippen molar-refractivity contribution in [3.63, 3.8) is 0 Å². The van der Waals surface area contributed by atoms with Gasteiger partial charge in [0.1, 0.15) is 5.69 Å². The Balaban J connectivity index is 2.18. The number of carbonyl (C=O) groups excluding carboxylic acids is 2. The number of aryl methyl sites for hydroxylation is 1. The summed E-state index contributed by atoms with van der Waals surface area (Å²) < 4.78 is 4.70. The Kier molecular flexibility index (Phi) is 5.22. The van der Waals surface area contributed by atoms with E-state index in [2.05, 4.69) is 10.3 Å². The van der Waals surface area contributed by atoms with Crippen molar-refractivity contribution in [2.24, 2.45) is 0 Å². The first-order valence-corrected chi connectivity index (χ1v) is 7.15. The molecule has 1 amide bonds. The number of amides is 1. The lowest BCUT2D eigenvalue weighted by Crippen LogP contribution is -2.30. The third-order valence-electron chi connectivity index (χ3n) is 3.28. The first kappa shape index (κ1) is 16.1. The molecule has 1 aromatic carbocycles. The van der Waals surface area contributed by atoms with Gasteiger partial charge in [-0.3, -0.25) is 9.59 Å². The van der Waals surface area contributed by atoms with E-state index in [1.165, 1.54) is 19.4 Å². The van der Waals surface area contributed by atoms with Crippen LogP contribution in [-0.4, -0.2) is 24.0 Å². The van der Waals surface area contributed by atoms with Crippen LogP contribution in [0.4, 0.5) is 0 Å². The first-order valence-electron chi connectivity index (χ1n) is 6.77. The highest BCUT2D eigenvalue weighted by Gasteiger charge is 2.20. The molecule has 116 valence electrons. The van der Waals surface area contributed by atoms with Crippen LogP contribution in [-0.2, 0) is 9.53 Å². The quantitative estimate of drug-likeness (QED) is 0.832. The van der Waals surface area contributed by atoms with Crippen LogP contribution in [0.15, 0.2) is 36.5 Å². The van der Waals surface area contributed by atoms with Crippen molar-refractivity contribution in [1.82, 2.24) is 10.3 Å². The van der Waals surface area contributed by atoms with Gasteiger partial charge in [-0.25, -0.2) is 0 Å². The van der Waals surface area contributed by atoms with Crippen molar-refractivity contribution in [2.75, 3.05) is 7.11 Å². The molecule has 0 saturated carbocycles. The number of aromatic amines is 1. The van der Waals surface area contributed by atoms with Crippen molar-refractivity contribution in [3.05, 3.63) is 58.4 Å². The summed E-state index contributed by atoms with van der Waals surface area (Å²) in [4.78, 5) is 26.6. The lowest BCUT2D eigenvalue weighted by Gasteiger charge is -2.18. The standard InChI is InChI=1S/C16H17ClN2O3/c1-10-3-5-11(6-4-10)13(8-15(20)22-2)19-16(21)14-7-12(17)9-18-14/h3-7,9,13,18H,8H2,1-2H3,(H,19,21)/t13-/m1/s1. The average Bonchev–Trinajstić information content (AvgIpc) is 2.94. The van der Waals surface area contributed by atoms with Gasteiger partial charge >= 0.3 is 5.97 Å². The lowest BCUT2D eigenvalue weighted by atomic mass is 10.0. The Morgan fingerprint density at radius 1 is 1.32 bits per heavy atom. The molecule has 0 spiro atoms. The predicted octanol–water partition coefficient (Wildman–Crippen LogP) is 3.01. The van der Waals surface area contributed by atoms with E-state index in [9.17, 15) is 9.59 Å². The van der Waals surface area contributed by atoms with Gasteiger partial charge in [-0.1, -0.05) is 41.4 Å². The second-order valence-electron chi connectivity index (χ2n) is 4.95. The third kappa shape index (κ3) is 4.11. The Bertz CT molecular complexity index is 664. The fourth-order valence-electron chi connectivity index (χ4n) is 2.04. The number of hydrogen-bond acceptors (Lipinski definition) is 3. The zero-order valence-corrected chi connectivity index (χ0v) is 13.1. The van der Waals surface area contributed by atoms with E-state index < -0.39 is 12.0 Å². The minimum absolute atomic E-state index is 0.0553. The molecule has 0 unspecified atom stereocenters. The fourth-order valence-corrected chi connectivity index (χ4v) is 2.20. The van der Waals surface area contributed by atoms with Gasteiger partial charge in [-0.2, -0.15) is 0 Å². The zero-order valence-electron chi connectivity index (χ0n) is 12.4. The summed E-state index contributed by atoms with van der Waals surface area (Å²) in [5, 5.41) is 3.27. The molecular weight excluding hydrogens is 304 g/mol. The maximum atomic E-state index is 12.2. The molecule has 2 N–H and O–H groups in total. The van der Waals surface area contributed by atoms with Crippen LogP contribution >= 0.6 is 11.6 Å². The summed E-state index contributed by atoms with van der Waals surface area (Å²) in [7, 11) is 1.32. The number of ether oxygens (including phenoxy) is 1. The number of methoxy groups -OCH3 is 1. The van der Waals surface area contributed by atoms with Crippen molar-refractivity contribution in [1.29, 1.82) is 0 Å². The predicted molar refractivity (Wildman–Crippen MR) is 83.8 cm³/mol. The Hall–Kier alpha value is -2.27. The zero-order chi connectivity index (χ0) is 16.1. The smallest absolute Gasteiger partial charge is 0.307 e. The normalized spacial score (nSPS) is 11.8. The second kappa shape index (κ2) is 7.13. The van der Waals surface area contributed by atoms with Crippen molar-refractivity contribution >= 4 is 23.5 Å². The molecule has 1 aromatic heterocycles. The van der Waals surface area contributed by atoms with Crippen LogP contribution in [0, 0.1) is 6.92 Å². The van der Waals surface area contributed by atoms with Gasteiger partial charge in [0, 0.05) is 6.20 Å². The SMILES string of the molecule is COC(=O)C[C@@H](NC(=O)c1cc(Cl)c[nH]1)c1ccc(C)cc1. The monoisotopic (exact) mass is 320 g/mol. The number of carbonyl (C=O) groups is 2. The van der Waals surface area contributed by atoms with Gasteiger partial charge < -0.3 is 15.0 Å². The van der Waals surface area contributed by atoms with Gasteiger partial charge in [0.05, 0.1) is 24.6 Å². The molecule has 6 heteroatoms. The number of H-pyrrole nitrogens is 1. The maximum absolute atomic E-state index is 12.2. The van der Waals surface area contributed by atoms with E-state index in [-0.39, 0.29) is 12.3 Å². The highest BCUT2D eigenvalue weighted by Crippen LogP contribution is 2.19. The summed E-state index contributed by atoms with van der Waals surface area (Å²) in [5.74, 6) is -0.725. The third-order valence-corrected chi connectivity index (χ3v) is 3.49. The van der Waals surface area contributed by atoms with E-state index in [1.807, 2.05) is 31.2 Å². The highest BCUT2D eigenvalue weighted by molar-refractivity contribution is 6.30. The van der Waals surface area contributed by atoms with Crippen LogP contribution in [0.1, 0.15) is 34.1 Å². The Labute approximate surface area is 133 Å². The molecule has 0 aliphatic heterocycles. The molecule has 2 rings (SSSR count). The largest absolute Gasteiger partial charge is 0.469 e. The van der Waals surface area contributed by atoms with E-state index in [0.29, 0.717) is 10.7 Å². The van der Waals surface area contributed by atoms with Gasteiger partial charge in [0.2, 0.25) is 0 Å². The molecule has 0 bridgehead atoms. The number of hydrogen-bond donors (Lipinski definition) is 2. The molecule has 0 aliphatic rings. The molecule has 1 atom stereocenters. The molecule has 0 aliphatic carbocycles. The number of rotatable bonds is 5. The fraction of sp³-hybridized carbons (Fsp3) is 0.250. The maximum Gasteiger partial charge on any atom is 0.307 e. The van der Waals surface area contributed by atoms with Crippen LogP contribution in [0.25, 0.3) is 0 Å². The van der Waals surface area contributed by atoms with Crippen LogP contribution in [0.2, 0.25) is 5.02 Å². The summed E-state index contributed by atoms with van der Waals surface area (Å²) >= 11 is 5.80. The molecule has 1 heterocycles. The molecule has 5 nitrogen and oxygen atoms in total. The Morgan fingerprint density at radius 3 is 2.55 bits per heavy atom. The Morgan fingerprint density at radius 2 is 2.00 bits per heavy atom. The van der Waals surface area contributed by atoms with E-state index >= 15 is 0 Å². The van der Waals surface area contributed by atoms with Crippen molar-refractivity contribution in [3.8, 4) is 0 Å². The highest BCUT2D eigenvalue weighted by atomic mass is 35.5. The van der Waals surface area contributed by atoms with E-state index in [4.69, 9.17) is 16.3 Å². The van der Waals surface area contributed by atoms with Gasteiger partial charge in [-0.05, 0) is 18.6 Å². The number of aromatic nitrogens is 1. The van der Waals surface area contributed by atoms with E-state index in [1.54, 1.807) is 0 Å². The average molecular weight is 321 g/mol. The second-order valence-corrected chi connectivity index (χ2v) is 5.38. The first-order chi connectivity index (χ1) is 10.5. The number of benzene rings is 1. The lowest BCUT2D eigenvalue weighted by molar-refractivity contribution is -0.141. The molecule has 0 fully saturated rings. The summed E-state index contributed by atoms with van der Waals surface area (Å²) in [5.41, 5.74) is 2.28. The number of halogens is 1. The molecule has 2 aromatic rings. The van der Waals surface area contributed by atoms with Crippen LogP contribution < -0.4 is 5.32 Å². The molecule has 0 saturated heterocycles. The number of nitrogens with one attached hydrogen (secondary N) is 2. The topological polar surface area (TPSA) is 71.2 Å². The minimum Gasteiger partial charge on any atom is -0.469 e. The minimum atomic E-state index is -0.470. The van der Waals surface area contributed by atoms with Crippen molar-refractivity contribution < 1.29 is 14.3 Å².